The van der Waals surface area contributed by atoms with Gasteiger partial charge in [0.1, 0.15) is 0 Å². The third-order valence-electron chi connectivity index (χ3n) is 6.42. The third-order valence-corrected chi connectivity index (χ3v) is 9.24. The fourth-order valence-electron chi connectivity index (χ4n) is 4.48. The van der Waals surface area contributed by atoms with Crippen LogP contribution >= 0.6 is 23.2 Å². The van der Waals surface area contributed by atoms with Crippen molar-refractivity contribution in [2.45, 2.75) is 35.6 Å². The first-order chi connectivity index (χ1) is 16.6. The van der Waals surface area contributed by atoms with Gasteiger partial charge >= 0.3 is 6.18 Å². The summed E-state index contributed by atoms with van der Waals surface area (Å²) in [5.41, 5.74) is 1.21. The average molecular weight is 542 g/mol. The Labute approximate surface area is 213 Å². The monoisotopic (exact) mass is 541 g/mol. The normalized spacial score (nSPS) is 15.9. The molecule has 1 aliphatic rings. The second kappa shape index (κ2) is 10.5. The SMILES string of the molecule is O=S(=O)(c1ccc(-c2ccc(Cl)cc2Cl)cc1)C1CCN(CCc2ccccc2C(F)(F)F)CC1. The van der Waals surface area contributed by atoms with Crippen LogP contribution in [0.4, 0.5) is 13.2 Å². The summed E-state index contributed by atoms with van der Waals surface area (Å²) in [7, 11) is -3.52. The van der Waals surface area contributed by atoms with Crippen LogP contribution in [0.2, 0.25) is 10.0 Å². The van der Waals surface area contributed by atoms with E-state index in [-0.39, 0.29) is 16.9 Å². The number of hydrogen-bond donors (Lipinski definition) is 0. The van der Waals surface area contributed by atoms with Gasteiger partial charge < -0.3 is 4.90 Å². The summed E-state index contributed by atoms with van der Waals surface area (Å²) in [6.07, 6.45) is -3.24. The number of alkyl halides is 3. The van der Waals surface area contributed by atoms with Crippen molar-refractivity contribution in [2.75, 3.05) is 19.6 Å². The van der Waals surface area contributed by atoms with Crippen LogP contribution in [0.5, 0.6) is 0 Å². The molecule has 1 saturated heterocycles. The highest BCUT2D eigenvalue weighted by molar-refractivity contribution is 7.92. The lowest BCUT2D eigenvalue weighted by atomic mass is 10.0. The lowest BCUT2D eigenvalue weighted by molar-refractivity contribution is -0.138. The second-order valence-corrected chi connectivity index (χ2v) is 11.7. The van der Waals surface area contributed by atoms with E-state index in [0.29, 0.717) is 42.5 Å². The summed E-state index contributed by atoms with van der Waals surface area (Å²) in [5, 5.41) is 0.485. The quantitative estimate of drug-likeness (QED) is 0.332. The number of benzene rings is 3. The molecule has 1 fully saturated rings. The molecule has 1 heterocycles. The van der Waals surface area contributed by atoms with E-state index in [2.05, 4.69) is 0 Å². The molecular formula is C26H24Cl2F3NO2S. The maximum atomic E-state index is 13.2. The summed E-state index contributed by atoms with van der Waals surface area (Å²) in [4.78, 5) is 2.29. The first-order valence-corrected chi connectivity index (χ1v) is 13.5. The highest BCUT2D eigenvalue weighted by atomic mass is 35.5. The van der Waals surface area contributed by atoms with Crippen LogP contribution in [0.25, 0.3) is 11.1 Å². The Morgan fingerprint density at radius 1 is 0.914 bits per heavy atom. The Morgan fingerprint density at radius 2 is 1.57 bits per heavy atom. The topological polar surface area (TPSA) is 37.4 Å². The molecule has 0 amide bonds. The van der Waals surface area contributed by atoms with E-state index < -0.39 is 26.8 Å². The van der Waals surface area contributed by atoms with Gasteiger partial charge in [-0.15, -0.1) is 0 Å². The minimum atomic E-state index is -4.38. The second-order valence-electron chi connectivity index (χ2n) is 8.64. The summed E-state index contributed by atoms with van der Waals surface area (Å²) in [5.74, 6) is 0. The van der Waals surface area contributed by atoms with E-state index in [1.54, 1.807) is 48.5 Å². The van der Waals surface area contributed by atoms with E-state index in [9.17, 15) is 21.6 Å². The first kappa shape index (κ1) is 26.0. The van der Waals surface area contributed by atoms with Crippen molar-refractivity contribution in [1.82, 2.24) is 4.90 Å². The van der Waals surface area contributed by atoms with E-state index in [1.807, 2.05) is 4.90 Å². The molecule has 35 heavy (non-hydrogen) atoms. The van der Waals surface area contributed by atoms with Crippen LogP contribution < -0.4 is 0 Å². The number of nitrogens with zero attached hydrogens (tertiary/aromatic N) is 1. The predicted octanol–water partition coefficient (Wildman–Crippen LogP) is 7.16. The maximum Gasteiger partial charge on any atom is 0.416 e. The van der Waals surface area contributed by atoms with Gasteiger partial charge in [-0.05, 0) is 73.8 Å². The van der Waals surface area contributed by atoms with Gasteiger partial charge in [0.2, 0.25) is 0 Å². The molecular weight excluding hydrogens is 518 g/mol. The lowest BCUT2D eigenvalue weighted by Gasteiger charge is -2.32. The molecule has 186 valence electrons. The molecule has 4 rings (SSSR count). The minimum absolute atomic E-state index is 0.254. The van der Waals surface area contributed by atoms with Crippen molar-refractivity contribution >= 4 is 33.0 Å². The summed E-state index contributed by atoms with van der Waals surface area (Å²) >= 11 is 12.2. The van der Waals surface area contributed by atoms with E-state index >= 15 is 0 Å². The third kappa shape index (κ3) is 6.02. The van der Waals surface area contributed by atoms with Gasteiger partial charge in [-0.25, -0.2) is 8.42 Å². The van der Waals surface area contributed by atoms with Gasteiger partial charge in [0.25, 0.3) is 0 Å². The smallest absolute Gasteiger partial charge is 0.303 e. The number of piperidine rings is 1. The molecule has 3 nitrogen and oxygen atoms in total. The Kier molecular flexibility index (Phi) is 7.81. The largest absolute Gasteiger partial charge is 0.416 e. The van der Waals surface area contributed by atoms with Gasteiger partial charge in [-0.1, -0.05) is 59.6 Å². The molecule has 3 aromatic rings. The molecule has 0 aliphatic carbocycles. The Morgan fingerprint density at radius 3 is 2.20 bits per heavy atom. The molecule has 0 aromatic heterocycles. The van der Waals surface area contributed by atoms with Crippen molar-refractivity contribution in [2.24, 2.45) is 0 Å². The molecule has 0 atom stereocenters. The van der Waals surface area contributed by atoms with Crippen molar-refractivity contribution in [3.8, 4) is 11.1 Å². The number of likely N-dealkylation sites (tertiary alicyclic amines) is 1. The Hall–Kier alpha value is -2.06. The molecule has 0 saturated carbocycles. The molecule has 0 spiro atoms. The average Bonchev–Trinajstić information content (AvgIpc) is 2.83. The van der Waals surface area contributed by atoms with Gasteiger partial charge in [0.15, 0.2) is 9.84 Å². The van der Waals surface area contributed by atoms with E-state index in [1.165, 1.54) is 12.1 Å². The standard InChI is InChI=1S/C26H24Cl2F3NO2S/c27-20-7-10-23(25(28)17-20)18-5-8-21(9-6-18)35(33,34)22-12-15-32(16-13-22)14-11-19-3-1-2-4-24(19)26(29,30)31/h1-10,17,22H,11-16H2. The van der Waals surface area contributed by atoms with Crippen molar-refractivity contribution in [3.05, 3.63) is 87.9 Å². The highest BCUT2D eigenvalue weighted by Gasteiger charge is 2.34. The van der Waals surface area contributed by atoms with Crippen molar-refractivity contribution < 1.29 is 21.6 Å². The predicted molar refractivity (Wildman–Crippen MR) is 134 cm³/mol. The Bertz CT molecular complexity index is 1290. The molecule has 3 aromatic carbocycles. The summed E-state index contributed by atoms with van der Waals surface area (Å²) in [6, 6.07) is 17.4. The van der Waals surface area contributed by atoms with Gasteiger partial charge in [0, 0.05) is 22.2 Å². The van der Waals surface area contributed by atoms with Crippen LogP contribution in [-0.4, -0.2) is 38.2 Å². The van der Waals surface area contributed by atoms with Crippen molar-refractivity contribution in [1.29, 1.82) is 0 Å². The van der Waals surface area contributed by atoms with Crippen LogP contribution in [-0.2, 0) is 22.4 Å². The molecule has 0 unspecified atom stereocenters. The van der Waals surface area contributed by atoms with Gasteiger partial charge in [-0.3, -0.25) is 0 Å². The zero-order valence-electron chi connectivity index (χ0n) is 18.7. The first-order valence-electron chi connectivity index (χ1n) is 11.2. The van der Waals surface area contributed by atoms with E-state index in [4.69, 9.17) is 23.2 Å². The maximum absolute atomic E-state index is 13.2. The zero-order valence-corrected chi connectivity index (χ0v) is 21.1. The number of halogens is 5. The number of rotatable bonds is 6. The van der Waals surface area contributed by atoms with Crippen LogP contribution in [0.3, 0.4) is 0 Å². The van der Waals surface area contributed by atoms with Gasteiger partial charge in [0.05, 0.1) is 15.7 Å². The number of sulfone groups is 1. The van der Waals surface area contributed by atoms with Crippen molar-refractivity contribution in [3.63, 3.8) is 0 Å². The highest BCUT2D eigenvalue weighted by Crippen LogP contribution is 2.34. The fourth-order valence-corrected chi connectivity index (χ4v) is 6.73. The lowest BCUT2D eigenvalue weighted by Crippen LogP contribution is -2.40. The fraction of sp³-hybridized carbons (Fsp3) is 0.308. The molecule has 9 heteroatoms. The molecule has 1 aliphatic heterocycles. The zero-order chi connectivity index (χ0) is 25.2. The molecule has 0 radical (unpaired) electrons. The van der Waals surface area contributed by atoms with Crippen LogP contribution in [0.15, 0.2) is 71.6 Å². The minimum Gasteiger partial charge on any atom is -0.303 e. The summed E-state index contributed by atoms with van der Waals surface area (Å²) < 4.78 is 66.1. The summed E-state index contributed by atoms with van der Waals surface area (Å²) in [6.45, 7) is 1.50. The molecule has 0 bridgehead atoms. The van der Waals surface area contributed by atoms with Crippen LogP contribution in [0, 0.1) is 0 Å². The number of hydrogen-bond acceptors (Lipinski definition) is 3. The van der Waals surface area contributed by atoms with Crippen LogP contribution in [0.1, 0.15) is 24.0 Å². The van der Waals surface area contributed by atoms with Gasteiger partial charge in [-0.2, -0.15) is 13.2 Å². The molecule has 0 N–H and O–H groups in total. The Balaban J connectivity index is 1.38. The van der Waals surface area contributed by atoms with E-state index in [0.717, 1.165) is 17.2 Å².